The number of carbonyl (C=O) groups is 2. The van der Waals surface area contributed by atoms with Crippen LogP contribution in [0.2, 0.25) is 0 Å². The van der Waals surface area contributed by atoms with Crippen LogP contribution in [-0.2, 0) is 9.53 Å². The first-order valence-corrected chi connectivity index (χ1v) is 10.6. The molecular weight excluding hydrogens is 382 g/mol. The number of aromatic amines is 1. The number of hydrogen-bond acceptors (Lipinski definition) is 5. The van der Waals surface area contributed by atoms with Gasteiger partial charge >= 0.3 is 0 Å². The van der Waals surface area contributed by atoms with Crippen molar-refractivity contribution in [3.8, 4) is 0 Å². The van der Waals surface area contributed by atoms with E-state index in [0.29, 0.717) is 43.4 Å². The zero-order chi connectivity index (χ0) is 21.3. The number of aromatic nitrogens is 3. The maximum absolute atomic E-state index is 13.4. The van der Waals surface area contributed by atoms with Crippen molar-refractivity contribution < 1.29 is 14.3 Å². The molecule has 2 unspecified atom stereocenters. The van der Waals surface area contributed by atoms with Crippen LogP contribution in [0, 0.1) is 26.7 Å². The largest absolute Gasteiger partial charge is 0.381 e. The van der Waals surface area contributed by atoms with E-state index in [-0.39, 0.29) is 29.8 Å². The number of nitrogens with zero attached hydrogens (tertiary/aromatic N) is 3. The number of likely N-dealkylation sites (tertiary alicyclic amines) is 1. The summed E-state index contributed by atoms with van der Waals surface area (Å²) in [6.45, 7) is 7.56. The molecule has 0 bridgehead atoms. The van der Waals surface area contributed by atoms with Crippen molar-refractivity contribution in [3.63, 3.8) is 0 Å². The van der Waals surface area contributed by atoms with Crippen LogP contribution in [0.4, 0.5) is 0 Å². The van der Waals surface area contributed by atoms with E-state index in [1.54, 1.807) is 4.90 Å². The van der Waals surface area contributed by atoms with E-state index in [2.05, 4.69) is 20.5 Å². The summed E-state index contributed by atoms with van der Waals surface area (Å²) in [7, 11) is 0. The number of aryl methyl sites for hydroxylation is 3. The third-order valence-electron chi connectivity index (χ3n) is 6.17. The predicted molar refractivity (Wildman–Crippen MR) is 111 cm³/mol. The van der Waals surface area contributed by atoms with Gasteiger partial charge in [-0.2, -0.15) is 5.10 Å². The molecule has 2 fully saturated rings. The SMILES string of the molecule is Cc1nc(C2CC(NC(=O)C3CCOCC3)CN2C(=O)c2ccc(C)c(C)c2)n[nH]1. The van der Waals surface area contributed by atoms with Crippen molar-refractivity contribution in [2.24, 2.45) is 5.92 Å². The Bertz CT molecular complexity index is 935. The first kappa shape index (κ1) is 20.5. The summed E-state index contributed by atoms with van der Waals surface area (Å²) < 4.78 is 5.36. The zero-order valence-corrected chi connectivity index (χ0v) is 17.8. The van der Waals surface area contributed by atoms with Gasteiger partial charge in [-0.15, -0.1) is 0 Å². The van der Waals surface area contributed by atoms with Crippen molar-refractivity contribution in [2.75, 3.05) is 19.8 Å². The van der Waals surface area contributed by atoms with Crippen LogP contribution in [0.5, 0.6) is 0 Å². The van der Waals surface area contributed by atoms with Crippen LogP contribution in [0.1, 0.15) is 58.4 Å². The van der Waals surface area contributed by atoms with Crippen molar-refractivity contribution in [3.05, 3.63) is 46.5 Å². The fraction of sp³-hybridized carbons (Fsp3) is 0.545. The van der Waals surface area contributed by atoms with Gasteiger partial charge in [0.25, 0.3) is 5.91 Å². The van der Waals surface area contributed by atoms with E-state index in [4.69, 9.17) is 4.74 Å². The molecule has 2 aliphatic heterocycles. The van der Waals surface area contributed by atoms with Crippen LogP contribution in [0.15, 0.2) is 18.2 Å². The first-order valence-electron chi connectivity index (χ1n) is 10.6. The molecule has 1 aromatic heterocycles. The Hall–Kier alpha value is -2.74. The van der Waals surface area contributed by atoms with E-state index in [1.807, 2.05) is 39.0 Å². The Morgan fingerprint density at radius 1 is 1.17 bits per heavy atom. The minimum absolute atomic E-state index is 0.0209. The third kappa shape index (κ3) is 4.23. The maximum atomic E-state index is 13.4. The van der Waals surface area contributed by atoms with Crippen LogP contribution in [-0.4, -0.2) is 57.7 Å². The Kier molecular flexibility index (Phi) is 5.85. The topological polar surface area (TPSA) is 100 Å². The van der Waals surface area contributed by atoms with E-state index in [1.165, 1.54) is 0 Å². The second-order valence-corrected chi connectivity index (χ2v) is 8.38. The van der Waals surface area contributed by atoms with Gasteiger partial charge in [0.1, 0.15) is 5.82 Å². The minimum atomic E-state index is -0.274. The van der Waals surface area contributed by atoms with E-state index >= 15 is 0 Å². The summed E-state index contributed by atoms with van der Waals surface area (Å²) >= 11 is 0. The number of carbonyl (C=O) groups excluding carboxylic acids is 2. The second kappa shape index (κ2) is 8.55. The molecule has 2 amide bonds. The number of hydrogen-bond donors (Lipinski definition) is 2. The average molecular weight is 412 g/mol. The van der Waals surface area contributed by atoms with Gasteiger partial charge in [0, 0.05) is 37.3 Å². The number of nitrogens with one attached hydrogen (secondary N) is 2. The molecule has 0 saturated carbocycles. The molecule has 3 heterocycles. The monoisotopic (exact) mass is 411 g/mol. The Morgan fingerprint density at radius 2 is 1.93 bits per heavy atom. The summed E-state index contributed by atoms with van der Waals surface area (Å²) in [5, 5.41) is 10.3. The Labute approximate surface area is 176 Å². The third-order valence-corrected chi connectivity index (χ3v) is 6.17. The maximum Gasteiger partial charge on any atom is 0.254 e. The standard InChI is InChI=1S/C22H29N5O3/c1-13-4-5-17(10-14(13)2)22(29)27-12-18(11-19(27)20-23-15(3)25-26-20)24-21(28)16-6-8-30-9-7-16/h4-5,10,16,18-19H,6-9,11-12H2,1-3H3,(H,24,28)(H,23,25,26). The molecule has 4 rings (SSSR count). The predicted octanol–water partition coefficient (Wildman–Crippen LogP) is 2.23. The highest BCUT2D eigenvalue weighted by atomic mass is 16.5. The van der Waals surface area contributed by atoms with Gasteiger partial charge < -0.3 is 15.0 Å². The molecule has 2 atom stereocenters. The number of ether oxygens (including phenoxy) is 1. The van der Waals surface area contributed by atoms with Crippen molar-refractivity contribution in [1.29, 1.82) is 0 Å². The molecule has 0 spiro atoms. The van der Waals surface area contributed by atoms with Gasteiger partial charge in [-0.25, -0.2) is 4.98 Å². The fourth-order valence-corrected chi connectivity index (χ4v) is 4.24. The number of benzene rings is 1. The van der Waals surface area contributed by atoms with Gasteiger partial charge in [0.05, 0.1) is 6.04 Å². The van der Waals surface area contributed by atoms with Crippen molar-refractivity contribution in [1.82, 2.24) is 25.4 Å². The normalized spacial score (nSPS) is 22.3. The quantitative estimate of drug-likeness (QED) is 0.804. The highest BCUT2D eigenvalue weighted by Gasteiger charge is 2.40. The molecule has 2 aliphatic rings. The van der Waals surface area contributed by atoms with Crippen LogP contribution >= 0.6 is 0 Å². The molecule has 2 aromatic rings. The lowest BCUT2D eigenvalue weighted by atomic mass is 9.99. The molecule has 8 heteroatoms. The van der Waals surface area contributed by atoms with E-state index in [9.17, 15) is 9.59 Å². The van der Waals surface area contributed by atoms with Gasteiger partial charge in [0.15, 0.2) is 5.82 Å². The molecule has 1 aromatic carbocycles. The summed E-state index contributed by atoms with van der Waals surface area (Å²) in [5.74, 6) is 1.26. The highest BCUT2D eigenvalue weighted by molar-refractivity contribution is 5.95. The molecule has 2 N–H and O–H groups in total. The molecule has 8 nitrogen and oxygen atoms in total. The minimum Gasteiger partial charge on any atom is -0.381 e. The van der Waals surface area contributed by atoms with Crippen molar-refractivity contribution in [2.45, 2.75) is 52.1 Å². The number of H-pyrrole nitrogens is 1. The van der Waals surface area contributed by atoms with Crippen LogP contribution < -0.4 is 5.32 Å². The van der Waals surface area contributed by atoms with Gasteiger partial charge in [-0.1, -0.05) is 6.07 Å². The molecule has 0 aliphatic carbocycles. The fourth-order valence-electron chi connectivity index (χ4n) is 4.24. The number of amides is 2. The molecule has 30 heavy (non-hydrogen) atoms. The van der Waals surface area contributed by atoms with Gasteiger partial charge in [0.2, 0.25) is 5.91 Å². The lowest BCUT2D eigenvalue weighted by Crippen LogP contribution is -2.42. The van der Waals surface area contributed by atoms with E-state index in [0.717, 1.165) is 24.0 Å². The smallest absolute Gasteiger partial charge is 0.254 e. The van der Waals surface area contributed by atoms with Crippen LogP contribution in [0.3, 0.4) is 0 Å². The highest BCUT2D eigenvalue weighted by Crippen LogP contribution is 2.32. The summed E-state index contributed by atoms with van der Waals surface area (Å²) in [6.07, 6.45) is 2.09. The molecular formula is C22H29N5O3. The Morgan fingerprint density at radius 3 is 2.60 bits per heavy atom. The lowest BCUT2D eigenvalue weighted by Gasteiger charge is -2.24. The first-order chi connectivity index (χ1) is 14.4. The molecule has 160 valence electrons. The lowest BCUT2D eigenvalue weighted by molar-refractivity contribution is -0.128. The van der Waals surface area contributed by atoms with Gasteiger partial charge in [-0.3, -0.25) is 14.7 Å². The molecule has 2 saturated heterocycles. The molecule has 0 radical (unpaired) electrons. The Balaban J connectivity index is 1.54. The average Bonchev–Trinajstić information content (AvgIpc) is 3.36. The van der Waals surface area contributed by atoms with Crippen LogP contribution in [0.25, 0.3) is 0 Å². The van der Waals surface area contributed by atoms with Crippen molar-refractivity contribution >= 4 is 11.8 Å². The summed E-state index contributed by atoms with van der Waals surface area (Å²) in [4.78, 5) is 32.3. The second-order valence-electron chi connectivity index (χ2n) is 8.38. The summed E-state index contributed by atoms with van der Waals surface area (Å²) in [5.41, 5.74) is 2.87. The van der Waals surface area contributed by atoms with Gasteiger partial charge in [-0.05, 0) is 63.3 Å². The van der Waals surface area contributed by atoms with E-state index < -0.39 is 0 Å². The number of rotatable bonds is 4. The summed E-state index contributed by atoms with van der Waals surface area (Å²) in [6, 6.07) is 5.35. The zero-order valence-electron chi connectivity index (χ0n) is 17.8.